The van der Waals surface area contributed by atoms with E-state index in [9.17, 15) is 22.8 Å². The zero-order chi connectivity index (χ0) is 27.1. The standard InChI is InChI=1S/C29H21ClF3NO3S/c30-23-17-16-21(29(31,32)33)18-24(23)34-27(35)25(19-10-4-1-5-11-19)37-28(36)26(20-12-6-2-7-13-20)38-22-14-8-3-9-15-22/h1-18,25-26H,(H,34,35)/t25-,26-/m0/s1. The molecule has 4 rings (SSSR count). The number of carbonyl (C=O) groups excluding carboxylic acids is 2. The van der Waals surface area contributed by atoms with Gasteiger partial charge in [-0.05, 0) is 35.9 Å². The van der Waals surface area contributed by atoms with Gasteiger partial charge < -0.3 is 10.1 Å². The lowest BCUT2D eigenvalue weighted by Gasteiger charge is -2.22. The molecule has 0 saturated carbocycles. The molecule has 0 aliphatic rings. The van der Waals surface area contributed by atoms with E-state index in [1.54, 1.807) is 54.6 Å². The van der Waals surface area contributed by atoms with Crippen LogP contribution < -0.4 is 5.32 Å². The molecule has 4 aromatic carbocycles. The summed E-state index contributed by atoms with van der Waals surface area (Å²) in [6.07, 6.45) is -6.08. The highest BCUT2D eigenvalue weighted by Gasteiger charge is 2.33. The zero-order valence-electron chi connectivity index (χ0n) is 19.7. The van der Waals surface area contributed by atoms with E-state index in [4.69, 9.17) is 16.3 Å². The zero-order valence-corrected chi connectivity index (χ0v) is 21.3. The fraction of sp³-hybridized carbons (Fsp3) is 0.103. The number of amides is 1. The fourth-order valence-electron chi connectivity index (χ4n) is 3.59. The number of benzene rings is 4. The molecule has 2 atom stereocenters. The largest absolute Gasteiger partial charge is 0.446 e. The second-order valence-electron chi connectivity index (χ2n) is 8.13. The molecule has 4 nitrogen and oxygen atoms in total. The molecular formula is C29H21ClF3NO3S. The Morgan fingerprint density at radius 1 is 0.789 bits per heavy atom. The number of rotatable bonds is 8. The first-order valence-electron chi connectivity index (χ1n) is 11.4. The number of hydrogen-bond donors (Lipinski definition) is 1. The first-order valence-corrected chi connectivity index (χ1v) is 12.7. The van der Waals surface area contributed by atoms with Crippen LogP contribution in [0, 0.1) is 0 Å². The Bertz CT molecular complexity index is 1390. The predicted molar refractivity (Wildman–Crippen MR) is 142 cm³/mol. The average Bonchev–Trinajstić information content (AvgIpc) is 2.92. The molecule has 0 bridgehead atoms. The minimum Gasteiger partial charge on any atom is -0.446 e. The molecule has 38 heavy (non-hydrogen) atoms. The summed E-state index contributed by atoms with van der Waals surface area (Å²) in [5.41, 5.74) is -0.215. The second-order valence-corrected chi connectivity index (χ2v) is 9.72. The van der Waals surface area contributed by atoms with Crippen molar-refractivity contribution in [3.05, 3.63) is 131 Å². The van der Waals surface area contributed by atoms with Crippen molar-refractivity contribution in [2.45, 2.75) is 22.4 Å². The van der Waals surface area contributed by atoms with E-state index in [2.05, 4.69) is 5.32 Å². The smallest absolute Gasteiger partial charge is 0.416 e. The van der Waals surface area contributed by atoms with Crippen LogP contribution in [0.4, 0.5) is 18.9 Å². The summed E-state index contributed by atoms with van der Waals surface area (Å²) in [4.78, 5) is 27.7. The number of thioether (sulfide) groups is 1. The van der Waals surface area contributed by atoms with Crippen molar-refractivity contribution in [2.75, 3.05) is 5.32 Å². The maximum atomic E-state index is 13.5. The minimum absolute atomic E-state index is 0.0914. The van der Waals surface area contributed by atoms with Crippen LogP contribution in [0.5, 0.6) is 0 Å². The number of halogens is 4. The summed E-state index contributed by atoms with van der Waals surface area (Å²) >= 11 is 7.33. The normalized spacial score (nSPS) is 12.8. The topological polar surface area (TPSA) is 55.4 Å². The molecule has 0 aliphatic heterocycles. The predicted octanol–water partition coefficient (Wildman–Crippen LogP) is 8.12. The molecule has 0 aromatic heterocycles. The van der Waals surface area contributed by atoms with E-state index < -0.39 is 35.0 Å². The molecule has 194 valence electrons. The highest BCUT2D eigenvalue weighted by molar-refractivity contribution is 8.00. The number of carbonyl (C=O) groups is 2. The van der Waals surface area contributed by atoms with E-state index in [1.165, 1.54) is 11.8 Å². The molecule has 0 unspecified atom stereocenters. The van der Waals surface area contributed by atoms with Gasteiger partial charge in [0, 0.05) is 10.5 Å². The van der Waals surface area contributed by atoms with Gasteiger partial charge in [0.2, 0.25) is 6.10 Å². The van der Waals surface area contributed by atoms with Gasteiger partial charge in [0.15, 0.2) is 0 Å². The molecule has 1 N–H and O–H groups in total. The molecule has 0 saturated heterocycles. The number of alkyl halides is 3. The van der Waals surface area contributed by atoms with E-state index in [1.807, 2.05) is 36.4 Å². The summed E-state index contributed by atoms with van der Waals surface area (Å²) in [5.74, 6) is -1.54. The third-order valence-corrected chi connectivity index (χ3v) is 7.01. The maximum absolute atomic E-state index is 13.5. The van der Waals surface area contributed by atoms with Crippen molar-refractivity contribution in [1.29, 1.82) is 0 Å². The SMILES string of the molecule is O=C(Nc1cc(C(F)(F)F)ccc1Cl)[C@@H](OC(=O)[C@@H](Sc1ccccc1)c1ccccc1)c1ccccc1. The summed E-state index contributed by atoms with van der Waals surface area (Å²) in [6, 6.07) is 29.0. The van der Waals surface area contributed by atoms with Crippen molar-refractivity contribution >= 4 is 40.9 Å². The first-order chi connectivity index (χ1) is 18.2. The quantitative estimate of drug-likeness (QED) is 0.176. The molecule has 9 heteroatoms. The Balaban J connectivity index is 1.64. The molecule has 0 fully saturated rings. The Morgan fingerprint density at radius 3 is 1.92 bits per heavy atom. The number of esters is 1. The van der Waals surface area contributed by atoms with Gasteiger partial charge in [0.25, 0.3) is 5.91 Å². The van der Waals surface area contributed by atoms with Crippen LogP contribution in [0.15, 0.2) is 114 Å². The van der Waals surface area contributed by atoms with Crippen molar-refractivity contribution in [1.82, 2.24) is 0 Å². The highest BCUT2D eigenvalue weighted by atomic mass is 35.5. The van der Waals surface area contributed by atoms with Gasteiger partial charge in [-0.1, -0.05) is 90.5 Å². The fourth-order valence-corrected chi connectivity index (χ4v) is 4.79. The number of anilines is 1. The summed E-state index contributed by atoms with van der Waals surface area (Å²) in [5, 5.41) is 1.50. The molecule has 4 aromatic rings. The molecule has 1 amide bonds. The lowest BCUT2D eigenvalue weighted by Crippen LogP contribution is -2.27. The molecule has 0 heterocycles. The third-order valence-electron chi connectivity index (χ3n) is 5.44. The van der Waals surface area contributed by atoms with Crippen molar-refractivity contribution in [3.8, 4) is 0 Å². The molecule has 0 aliphatic carbocycles. The van der Waals surface area contributed by atoms with Crippen molar-refractivity contribution < 1.29 is 27.5 Å². The summed E-state index contributed by atoms with van der Waals surface area (Å²) in [6.45, 7) is 0. The third kappa shape index (κ3) is 6.96. The van der Waals surface area contributed by atoms with Gasteiger partial charge in [-0.15, -0.1) is 11.8 Å². The second kappa shape index (κ2) is 12.2. The van der Waals surface area contributed by atoms with E-state index in [-0.39, 0.29) is 10.7 Å². The monoisotopic (exact) mass is 555 g/mol. The lowest BCUT2D eigenvalue weighted by atomic mass is 10.1. The number of ether oxygens (including phenoxy) is 1. The number of hydrogen-bond acceptors (Lipinski definition) is 4. The van der Waals surface area contributed by atoms with E-state index >= 15 is 0 Å². The van der Waals surface area contributed by atoms with Crippen LogP contribution in [-0.2, 0) is 20.5 Å². The Morgan fingerprint density at radius 2 is 1.34 bits per heavy atom. The minimum atomic E-state index is -4.63. The van der Waals surface area contributed by atoms with Crippen molar-refractivity contribution in [3.63, 3.8) is 0 Å². The van der Waals surface area contributed by atoms with Crippen LogP contribution in [0.25, 0.3) is 0 Å². The van der Waals surface area contributed by atoms with Crippen LogP contribution in [0.3, 0.4) is 0 Å². The Hall–Kier alpha value is -3.75. The highest BCUT2D eigenvalue weighted by Crippen LogP contribution is 2.38. The van der Waals surface area contributed by atoms with Gasteiger partial charge >= 0.3 is 12.1 Å². The Kier molecular flexibility index (Phi) is 8.76. The van der Waals surface area contributed by atoms with Gasteiger partial charge in [-0.25, -0.2) is 0 Å². The van der Waals surface area contributed by atoms with Crippen LogP contribution in [0.1, 0.15) is 28.0 Å². The lowest BCUT2D eigenvalue weighted by molar-refractivity contribution is -0.154. The van der Waals surface area contributed by atoms with E-state index in [0.717, 1.165) is 23.1 Å². The van der Waals surface area contributed by atoms with E-state index in [0.29, 0.717) is 11.1 Å². The molecule has 0 spiro atoms. The van der Waals surface area contributed by atoms with Crippen LogP contribution >= 0.6 is 23.4 Å². The van der Waals surface area contributed by atoms with Gasteiger partial charge in [-0.2, -0.15) is 13.2 Å². The first kappa shape index (κ1) is 27.3. The van der Waals surface area contributed by atoms with Crippen LogP contribution in [-0.4, -0.2) is 11.9 Å². The summed E-state index contributed by atoms with van der Waals surface area (Å²) < 4.78 is 45.5. The maximum Gasteiger partial charge on any atom is 0.416 e. The van der Waals surface area contributed by atoms with Gasteiger partial charge in [0.05, 0.1) is 16.3 Å². The molecular weight excluding hydrogens is 535 g/mol. The van der Waals surface area contributed by atoms with Crippen molar-refractivity contribution in [2.24, 2.45) is 0 Å². The average molecular weight is 556 g/mol. The van der Waals surface area contributed by atoms with Gasteiger partial charge in [0.1, 0.15) is 5.25 Å². The van der Waals surface area contributed by atoms with Gasteiger partial charge in [-0.3, -0.25) is 9.59 Å². The number of nitrogens with one attached hydrogen (secondary N) is 1. The Labute approximate surface area is 226 Å². The molecule has 0 radical (unpaired) electrons. The van der Waals surface area contributed by atoms with Crippen LogP contribution in [0.2, 0.25) is 5.02 Å². The summed E-state index contributed by atoms with van der Waals surface area (Å²) in [7, 11) is 0.